The number of nitrogens with zero attached hydrogens (tertiary/aromatic N) is 2. The number of aromatic nitrogens is 2. The molecule has 3 aromatic rings. The van der Waals surface area contributed by atoms with Crippen LogP contribution < -0.4 is 16.2 Å². The van der Waals surface area contributed by atoms with Gasteiger partial charge in [0, 0.05) is 6.54 Å². The summed E-state index contributed by atoms with van der Waals surface area (Å²) in [5.41, 5.74) is 0.379. The second-order valence-electron chi connectivity index (χ2n) is 5.85. The average molecular weight is 435 g/mol. The van der Waals surface area contributed by atoms with Crippen LogP contribution in [0.3, 0.4) is 0 Å². The monoisotopic (exact) mass is 434 g/mol. The van der Waals surface area contributed by atoms with Gasteiger partial charge in [0.05, 0.1) is 27.4 Å². The van der Waals surface area contributed by atoms with Gasteiger partial charge in [0.25, 0.3) is 5.56 Å². The molecule has 0 aliphatic carbocycles. The Labute approximate surface area is 174 Å². The molecular formula is C19H16ClFN4O3S. The van der Waals surface area contributed by atoms with Gasteiger partial charge in [-0.05, 0) is 37.3 Å². The van der Waals surface area contributed by atoms with Gasteiger partial charge in [-0.3, -0.25) is 19.5 Å². The molecule has 0 atom stereocenters. The number of benzene rings is 2. The molecular weight excluding hydrogens is 419 g/mol. The summed E-state index contributed by atoms with van der Waals surface area (Å²) in [4.78, 5) is 41.0. The second kappa shape index (κ2) is 9.06. The van der Waals surface area contributed by atoms with Crippen molar-refractivity contribution in [2.45, 2.75) is 12.1 Å². The van der Waals surface area contributed by atoms with E-state index in [4.69, 9.17) is 11.6 Å². The van der Waals surface area contributed by atoms with Crippen LogP contribution in [0.1, 0.15) is 6.92 Å². The molecule has 0 fully saturated rings. The Bertz CT molecular complexity index is 1150. The molecule has 0 aliphatic rings. The number of amides is 3. The highest BCUT2D eigenvalue weighted by atomic mass is 35.5. The van der Waals surface area contributed by atoms with Gasteiger partial charge in [-0.2, -0.15) is 0 Å². The summed E-state index contributed by atoms with van der Waals surface area (Å²) in [5, 5.41) is 5.07. The van der Waals surface area contributed by atoms with E-state index in [0.29, 0.717) is 23.1 Å². The molecule has 1 heterocycles. The van der Waals surface area contributed by atoms with Crippen LogP contribution in [0, 0.1) is 5.82 Å². The first-order valence-electron chi connectivity index (χ1n) is 8.58. The third-order valence-corrected chi connectivity index (χ3v) is 5.06. The number of carbonyl (C=O) groups excluding carboxylic acids is 2. The molecule has 0 saturated carbocycles. The summed E-state index contributed by atoms with van der Waals surface area (Å²) in [5.74, 6) is -1.32. The molecule has 0 spiro atoms. The highest BCUT2D eigenvalue weighted by Gasteiger charge is 2.16. The Morgan fingerprint density at radius 1 is 1.24 bits per heavy atom. The van der Waals surface area contributed by atoms with Crippen LogP contribution >= 0.6 is 23.4 Å². The van der Waals surface area contributed by atoms with Crippen LogP contribution in [0.2, 0.25) is 5.02 Å². The highest BCUT2D eigenvalue weighted by Crippen LogP contribution is 2.24. The van der Waals surface area contributed by atoms with Crippen LogP contribution in [0.25, 0.3) is 16.6 Å². The quantitative estimate of drug-likeness (QED) is 0.475. The fraction of sp³-hybridized carbons (Fsp3) is 0.158. The Balaban J connectivity index is 2.01. The van der Waals surface area contributed by atoms with Gasteiger partial charge < -0.3 is 5.32 Å². The van der Waals surface area contributed by atoms with Crippen molar-refractivity contribution >= 4 is 46.2 Å². The molecule has 2 N–H and O–H groups in total. The van der Waals surface area contributed by atoms with Crippen LogP contribution in [-0.4, -0.2) is 33.8 Å². The SMILES string of the molecule is CCNC(=O)NC(=O)CSc1nc2ccccc2c(=O)n1-c1ccc(F)c(Cl)c1. The zero-order valence-corrected chi connectivity index (χ0v) is 16.8. The Morgan fingerprint density at radius 3 is 2.72 bits per heavy atom. The zero-order chi connectivity index (χ0) is 21.0. The molecule has 0 unspecified atom stereocenters. The first-order chi connectivity index (χ1) is 13.9. The third-order valence-electron chi connectivity index (χ3n) is 3.83. The highest BCUT2D eigenvalue weighted by molar-refractivity contribution is 7.99. The van der Waals surface area contributed by atoms with E-state index in [-0.39, 0.29) is 21.5 Å². The average Bonchev–Trinajstić information content (AvgIpc) is 2.69. The number of hydrogen-bond donors (Lipinski definition) is 2. The van der Waals surface area contributed by atoms with E-state index in [9.17, 15) is 18.8 Å². The molecule has 0 bridgehead atoms. The molecule has 1 aromatic heterocycles. The Morgan fingerprint density at radius 2 is 2.00 bits per heavy atom. The first-order valence-corrected chi connectivity index (χ1v) is 9.94. The minimum atomic E-state index is -0.618. The molecule has 7 nitrogen and oxygen atoms in total. The van der Waals surface area contributed by atoms with E-state index < -0.39 is 17.8 Å². The fourth-order valence-electron chi connectivity index (χ4n) is 2.56. The molecule has 3 amide bonds. The van der Waals surface area contributed by atoms with Crippen LogP contribution in [0.4, 0.5) is 9.18 Å². The van der Waals surface area contributed by atoms with E-state index in [2.05, 4.69) is 15.6 Å². The number of thioether (sulfide) groups is 1. The summed E-state index contributed by atoms with van der Waals surface area (Å²) < 4.78 is 14.8. The standard InChI is InChI=1S/C19H16ClFN4O3S/c1-2-22-18(28)24-16(26)10-29-19-23-15-6-4-3-5-12(15)17(27)25(19)11-7-8-14(21)13(20)9-11/h3-9H,2,10H2,1H3,(H2,22,24,26,28). The summed E-state index contributed by atoms with van der Waals surface area (Å²) in [6.07, 6.45) is 0. The number of carbonyl (C=O) groups is 2. The van der Waals surface area contributed by atoms with Gasteiger partial charge in [0.15, 0.2) is 5.16 Å². The maximum Gasteiger partial charge on any atom is 0.321 e. The number of para-hydroxylation sites is 1. The fourth-order valence-corrected chi connectivity index (χ4v) is 3.55. The summed E-state index contributed by atoms with van der Waals surface area (Å²) >= 11 is 6.85. The number of rotatable bonds is 5. The van der Waals surface area contributed by atoms with Crippen molar-refractivity contribution in [1.29, 1.82) is 0 Å². The van der Waals surface area contributed by atoms with Gasteiger partial charge in [-0.15, -0.1) is 0 Å². The summed E-state index contributed by atoms with van der Waals surface area (Å²) in [6.45, 7) is 2.10. The topological polar surface area (TPSA) is 93.1 Å². The number of urea groups is 1. The van der Waals surface area contributed by atoms with Crippen molar-refractivity contribution < 1.29 is 14.0 Å². The van der Waals surface area contributed by atoms with E-state index >= 15 is 0 Å². The molecule has 3 rings (SSSR count). The molecule has 0 saturated heterocycles. The molecule has 0 radical (unpaired) electrons. The predicted octanol–water partition coefficient (Wildman–Crippen LogP) is 3.12. The number of imide groups is 1. The first kappa shape index (κ1) is 20.8. The van der Waals surface area contributed by atoms with Gasteiger partial charge >= 0.3 is 6.03 Å². The van der Waals surface area contributed by atoms with E-state index in [0.717, 1.165) is 17.8 Å². The molecule has 10 heteroatoms. The van der Waals surface area contributed by atoms with Crippen molar-refractivity contribution in [1.82, 2.24) is 20.2 Å². The maximum absolute atomic E-state index is 13.6. The second-order valence-corrected chi connectivity index (χ2v) is 7.20. The lowest BCUT2D eigenvalue weighted by Gasteiger charge is -2.13. The molecule has 150 valence electrons. The van der Waals surface area contributed by atoms with Gasteiger partial charge in [0.1, 0.15) is 5.82 Å². The summed E-state index contributed by atoms with van der Waals surface area (Å²) in [7, 11) is 0. The molecule has 0 aliphatic heterocycles. The van der Waals surface area contributed by atoms with Crippen molar-refractivity contribution in [3.63, 3.8) is 0 Å². The van der Waals surface area contributed by atoms with Crippen LogP contribution in [-0.2, 0) is 4.79 Å². The van der Waals surface area contributed by atoms with Gasteiger partial charge in [-0.25, -0.2) is 14.2 Å². The minimum absolute atomic E-state index is 0.146. The number of fused-ring (bicyclic) bond motifs is 1. The Hall–Kier alpha value is -2.91. The van der Waals surface area contributed by atoms with Crippen molar-refractivity contribution in [3.8, 4) is 5.69 Å². The zero-order valence-electron chi connectivity index (χ0n) is 15.2. The Kier molecular flexibility index (Phi) is 6.50. The van der Waals surface area contributed by atoms with E-state index in [1.54, 1.807) is 31.2 Å². The lowest BCUT2D eigenvalue weighted by Crippen LogP contribution is -2.40. The minimum Gasteiger partial charge on any atom is -0.338 e. The van der Waals surface area contributed by atoms with Crippen LogP contribution in [0.15, 0.2) is 52.4 Å². The van der Waals surface area contributed by atoms with Crippen molar-refractivity contribution in [3.05, 3.63) is 63.7 Å². The lowest BCUT2D eigenvalue weighted by molar-refractivity contribution is -0.117. The number of nitrogens with one attached hydrogen (secondary N) is 2. The smallest absolute Gasteiger partial charge is 0.321 e. The maximum atomic E-state index is 13.6. The third kappa shape index (κ3) is 4.75. The van der Waals surface area contributed by atoms with E-state index in [1.807, 2.05) is 0 Å². The van der Waals surface area contributed by atoms with E-state index in [1.165, 1.54) is 16.7 Å². The van der Waals surface area contributed by atoms with Crippen LogP contribution in [0.5, 0.6) is 0 Å². The molecule has 29 heavy (non-hydrogen) atoms. The van der Waals surface area contributed by atoms with Crippen molar-refractivity contribution in [2.75, 3.05) is 12.3 Å². The molecule has 2 aromatic carbocycles. The normalized spacial score (nSPS) is 10.7. The number of halogens is 2. The van der Waals surface area contributed by atoms with Crippen molar-refractivity contribution in [2.24, 2.45) is 0 Å². The predicted molar refractivity (Wildman–Crippen MR) is 110 cm³/mol. The summed E-state index contributed by atoms with van der Waals surface area (Å²) in [6, 6.07) is 10.0. The lowest BCUT2D eigenvalue weighted by atomic mass is 10.2. The van der Waals surface area contributed by atoms with Gasteiger partial charge in [0.2, 0.25) is 5.91 Å². The van der Waals surface area contributed by atoms with Gasteiger partial charge in [-0.1, -0.05) is 35.5 Å². The largest absolute Gasteiger partial charge is 0.338 e. The number of hydrogen-bond acceptors (Lipinski definition) is 5.